The molecule has 2 aromatic heterocycles. The summed E-state index contributed by atoms with van der Waals surface area (Å²) in [5, 5.41) is 13.2. The minimum absolute atomic E-state index is 0.129. The minimum atomic E-state index is -0.309. The lowest BCUT2D eigenvalue weighted by Crippen LogP contribution is -2.30. The number of nitrogens with zero attached hydrogens (tertiary/aromatic N) is 4. The van der Waals surface area contributed by atoms with Crippen molar-refractivity contribution in [3.63, 3.8) is 0 Å². The number of hydrogen-bond acceptors (Lipinski definition) is 4. The Bertz CT molecular complexity index is 835. The van der Waals surface area contributed by atoms with Crippen molar-refractivity contribution in [2.75, 3.05) is 6.61 Å². The second-order valence-electron chi connectivity index (χ2n) is 5.24. The van der Waals surface area contributed by atoms with Crippen molar-refractivity contribution in [3.8, 4) is 17.0 Å². The van der Waals surface area contributed by atoms with Crippen LogP contribution < -0.4 is 9.30 Å². The number of benzene rings is 1. The molecule has 0 aliphatic heterocycles. The molecule has 0 fully saturated rings. The van der Waals surface area contributed by atoms with Crippen LogP contribution in [0.5, 0.6) is 5.88 Å². The first-order valence-electron chi connectivity index (χ1n) is 7.59. The van der Waals surface area contributed by atoms with Gasteiger partial charge in [-0.25, -0.2) is 13.9 Å². The summed E-state index contributed by atoms with van der Waals surface area (Å²) >= 11 is 0. The fourth-order valence-electron chi connectivity index (χ4n) is 2.40. The molecule has 0 saturated carbocycles. The van der Waals surface area contributed by atoms with Crippen LogP contribution in [0.15, 0.2) is 49.2 Å². The van der Waals surface area contributed by atoms with Gasteiger partial charge in [-0.3, -0.25) is 0 Å². The predicted molar refractivity (Wildman–Crippen MR) is 84.5 cm³/mol. The van der Waals surface area contributed by atoms with Crippen LogP contribution >= 0.6 is 0 Å². The van der Waals surface area contributed by atoms with Gasteiger partial charge in [-0.2, -0.15) is 0 Å². The van der Waals surface area contributed by atoms with Crippen molar-refractivity contribution < 1.29 is 18.8 Å². The third-order valence-corrected chi connectivity index (χ3v) is 3.46. The normalized spacial score (nSPS) is 10.8. The van der Waals surface area contributed by atoms with Gasteiger partial charge in [-0.05, 0) is 30.7 Å². The number of aliphatic hydroxyl groups is 1. The second-order valence-corrected chi connectivity index (χ2v) is 5.24. The molecular weight excluding hydrogens is 311 g/mol. The molecule has 0 unspecified atom stereocenters. The lowest BCUT2D eigenvalue weighted by Gasteiger charge is -2.10. The summed E-state index contributed by atoms with van der Waals surface area (Å²) in [5.74, 6) is 0.161. The van der Waals surface area contributed by atoms with Crippen LogP contribution in [0.2, 0.25) is 0 Å². The highest BCUT2D eigenvalue weighted by atomic mass is 19.1. The van der Waals surface area contributed by atoms with Gasteiger partial charge in [0, 0.05) is 22.4 Å². The first kappa shape index (κ1) is 16.1. The van der Waals surface area contributed by atoms with Crippen LogP contribution in [0.3, 0.4) is 0 Å². The number of ether oxygens (including phenoxy) is 1. The maximum Gasteiger partial charge on any atom is 0.267 e. The van der Waals surface area contributed by atoms with E-state index in [0.717, 1.165) is 11.1 Å². The van der Waals surface area contributed by atoms with Crippen molar-refractivity contribution in [2.24, 2.45) is 0 Å². The molecule has 0 atom stereocenters. The van der Waals surface area contributed by atoms with Gasteiger partial charge in [0.25, 0.3) is 6.33 Å². The van der Waals surface area contributed by atoms with Crippen molar-refractivity contribution in [3.05, 3.63) is 60.6 Å². The Morgan fingerprint density at radius 2 is 2.21 bits per heavy atom. The molecule has 1 N–H and O–H groups in total. The maximum atomic E-state index is 13.6. The van der Waals surface area contributed by atoms with E-state index < -0.39 is 0 Å². The Labute approximate surface area is 138 Å². The number of rotatable bonds is 6. The van der Waals surface area contributed by atoms with Gasteiger partial charge in [0.2, 0.25) is 12.2 Å². The Balaban J connectivity index is 1.95. The highest BCUT2D eigenvalue weighted by molar-refractivity contribution is 5.69. The van der Waals surface area contributed by atoms with Crippen LogP contribution in [0.4, 0.5) is 4.39 Å². The zero-order valence-electron chi connectivity index (χ0n) is 13.3. The summed E-state index contributed by atoms with van der Waals surface area (Å²) in [6.07, 6.45) is 4.94. The van der Waals surface area contributed by atoms with Crippen molar-refractivity contribution in [1.82, 2.24) is 14.8 Å². The van der Waals surface area contributed by atoms with Crippen LogP contribution in [0, 0.1) is 5.82 Å². The molecule has 3 rings (SSSR count). The van der Waals surface area contributed by atoms with Gasteiger partial charge in [0.15, 0.2) is 6.73 Å². The van der Waals surface area contributed by atoms with Gasteiger partial charge in [0.05, 0.1) is 6.61 Å². The molecule has 1 aromatic carbocycles. The highest BCUT2D eigenvalue weighted by Gasteiger charge is 2.13. The van der Waals surface area contributed by atoms with Crippen LogP contribution in [0.25, 0.3) is 11.1 Å². The predicted octanol–water partition coefficient (Wildman–Crippen LogP) is 1.77. The minimum Gasteiger partial charge on any atom is -0.478 e. The van der Waals surface area contributed by atoms with E-state index in [4.69, 9.17) is 9.84 Å². The average Bonchev–Trinajstić information content (AvgIpc) is 3.04. The smallest absolute Gasteiger partial charge is 0.267 e. The molecule has 7 heteroatoms. The summed E-state index contributed by atoms with van der Waals surface area (Å²) < 4.78 is 22.4. The summed E-state index contributed by atoms with van der Waals surface area (Å²) in [6.45, 7) is 2.71. The Hall–Kier alpha value is -2.80. The summed E-state index contributed by atoms with van der Waals surface area (Å²) in [5.41, 5.74) is 2.33. The van der Waals surface area contributed by atoms with E-state index in [0.29, 0.717) is 24.6 Å². The number of aromatic nitrogens is 4. The van der Waals surface area contributed by atoms with Gasteiger partial charge in [-0.15, -0.1) is 4.68 Å². The van der Waals surface area contributed by atoms with Crippen LogP contribution in [-0.4, -0.2) is 26.5 Å². The molecule has 0 amide bonds. The largest absolute Gasteiger partial charge is 0.478 e. The van der Waals surface area contributed by atoms with Crippen molar-refractivity contribution in [1.29, 1.82) is 0 Å². The SMILES string of the molecule is CCOc1ncc(Cn2c[n+](CO)cn2)cc1-c1cccc(F)c1. The average molecular weight is 329 g/mol. The van der Waals surface area contributed by atoms with E-state index in [2.05, 4.69) is 10.1 Å². The number of halogens is 1. The zero-order chi connectivity index (χ0) is 16.9. The molecule has 0 aliphatic carbocycles. The molecule has 124 valence electrons. The highest BCUT2D eigenvalue weighted by Crippen LogP contribution is 2.29. The molecular formula is C17H18FN4O2+. The monoisotopic (exact) mass is 329 g/mol. The Morgan fingerprint density at radius 3 is 2.92 bits per heavy atom. The molecule has 0 radical (unpaired) electrons. The first-order valence-corrected chi connectivity index (χ1v) is 7.59. The number of hydrogen-bond donors (Lipinski definition) is 1. The second kappa shape index (κ2) is 7.18. The van der Waals surface area contributed by atoms with Gasteiger partial charge >= 0.3 is 0 Å². The van der Waals surface area contributed by atoms with E-state index in [1.807, 2.05) is 19.1 Å². The lowest BCUT2D eigenvalue weighted by molar-refractivity contribution is -0.730. The Morgan fingerprint density at radius 1 is 1.33 bits per heavy atom. The van der Waals surface area contributed by atoms with Gasteiger partial charge in [0.1, 0.15) is 12.4 Å². The Kier molecular flexibility index (Phi) is 4.81. The zero-order valence-corrected chi connectivity index (χ0v) is 13.3. The molecule has 24 heavy (non-hydrogen) atoms. The molecule has 2 heterocycles. The standard InChI is InChI=1S/C17H18FN4O2/c1-2-24-17-16(14-4-3-5-15(18)7-14)6-13(8-19-17)9-22-11-21(12-23)10-20-22/h3-8,10-11,23H,2,9,12H2,1H3/q+1. The fraction of sp³-hybridized carbons (Fsp3) is 0.235. The van der Waals surface area contributed by atoms with Crippen molar-refractivity contribution >= 4 is 0 Å². The third kappa shape index (κ3) is 3.57. The third-order valence-electron chi connectivity index (χ3n) is 3.46. The summed E-state index contributed by atoms with van der Waals surface area (Å²) in [7, 11) is 0. The molecule has 0 spiro atoms. The maximum absolute atomic E-state index is 13.6. The van der Waals surface area contributed by atoms with E-state index >= 15 is 0 Å². The van der Waals surface area contributed by atoms with Crippen LogP contribution in [0.1, 0.15) is 12.5 Å². The summed E-state index contributed by atoms with van der Waals surface area (Å²) in [4.78, 5) is 4.36. The van der Waals surface area contributed by atoms with Gasteiger partial charge in [-0.1, -0.05) is 12.1 Å². The van der Waals surface area contributed by atoms with Crippen molar-refractivity contribution in [2.45, 2.75) is 20.2 Å². The van der Waals surface area contributed by atoms with Crippen LogP contribution in [-0.2, 0) is 13.3 Å². The van der Waals surface area contributed by atoms with E-state index in [1.54, 1.807) is 27.8 Å². The fourth-order valence-corrected chi connectivity index (χ4v) is 2.40. The molecule has 0 aliphatic rings. The van der Waals surface area contributed by atoms with E-state index in [-0.39, 0.29) is 12.5 Å². The lowest BCUT2D eigenvalue weighted by atomic mass is 10.1. The van der Waals surface area contributed by atoms with E-state index in [1.165, 1.54) is 18.5 Å². The summed E-state index contributed by atoms with van der Waals surface area (Å²) in [6, 6.07) is 8.25. The quantitative estimate of drug-likeness (QED) is 0.700. The molecule has 0 saturated heterocycles. The first-order chi connectivity index (χ1) is 11.7. The molecule has 0 bridgehead atoms. The molecule has 6 nitrogen and oxygen atoms in total. The van der Waals surface area contributed by atoms with Gasteiger partial charge < -0.3 is 9.84 Å². The topological polar surface area (TPSA) is 64.0 Å². The molecule has 3 aromatic rings. The number of aliphatic hydroxyl groups excluding tert-OH is 1. The van der Waals surface area contributed by atoms with E-state index in [9.17, 15) is 4.39 Å². The number of pyridine rings is 1.